The maximum atomic E-state index is 13.6. The lowest BCUT2D eigenvalue weighted by Crippen LogP contribution is -2.46. The molecule has 0 spiro atoms. The number of H-pyrrole nitrogens is 1. The van der Waals surface area contributed by atoms with Gasteiger partial charge in [-0.3, -0.25) is 0 Å². The minimum Gasteiger partial charge on any atom is -0.496 e. The summed E-state index contributed by atoms with van der Waals surface area (Å²) < 4.78 is 6.45. The quantitative estimate of drug-likeness (QED) is 0.340. The number of urea groups is 1. The molecular weight excluding hydrogens is 478 g/mol. The van der Waals surface area contributed by atoms with Gasteiger partial charge in [-0.15, -0.1) is 0 Å². The Hall–Kier alpha value is -3.25. The fourth-order valence-electron chi connectivity index (χ4n) is 4.75. The molecular formula is C27H26BrN3O2. The van der Waals surface area contributed by atoms with Crippen LogP contribution in [0.5, 0.6) is 5.75 Å². The predicted molar refractivity (Wildman–Crippen MR) is 135 cm³/mol. The van der Waals surface area contributed by atoms with Crippen molar-refractivity contribution in [1.82, 2.24) is 15.2 Å². The third kappa shape index (κ3) is 4.00. The van der Waals surface area contributed by atoms with Crippen molar-refractivity contribution in [2.45, 2.75) is 25.4 Å². The van der Waals surface area contributed by atoms with Crippen LogP contribution in [0.2, 0.25) is 0 Å². The highest BCUT2D eigenvalue weighted by Crippen LogP contribution is 2.40. The lowest BCUT2D eigenvalue weighted by Gasteiger charge is -2.37. The number of aromatic amines is 1. The predicted octanol–water partition coefficient (Wildman–Crippen LogP) is 6.36. The minimum absolute atomic E-state index is 0.0810. The first kappa shape index (κ1) is 21.6. The zero-order chi connectivity index (χ0) is 22.9. The molecule has 1 aliphatic heterocycles. The van der Waals surface area contributed by atoms with Crippen LogP contribution in [-0.2, 0) is 6.42 Å². The van der Waals surface area contributed by atoms with Crippen LogP contribution in [0.25, 0.3) is 10.9 Å². The number of carbonyl (C=O) groups excluding carboxylic acids is 1. The number of ether oxygens (including phenoxy) is 1. The summed E-state index contributed by atoms with van der Waals surface area (Å²) in [6, 6.07) is 24.0. The van der Waals surface area contributed by atoms with E-state index in [-0.39, 0.29) is 18.1 Å². The Morgan fingerprint density at radius 3 is 2.67 bits per heavy atom. The van der Waals surface area contributed by atoms with Crippen LogP contribution in [-0.4, -0.2) is 29.6 Å². The molecule has 168 valence electrons. The summed E-state index contributed by atoms with van der Waals surface area (Å²) in [5, 5.41) is 4.42. The number of hydrogen-bond donors (Lipinski definition) is 2. The Labute approximate surface area is 201 Å². The van der Waals surface area contributed by atoms with Gasteiger partial charge in [-0.1, -0.05) is 54.6 Å². The van der Waals surface area contributed by atoms with E-state index in [0.717, 1.165) is 39.0 Å². The van der Waals surface area contributed by atoms with Gasteiger partial charge in [-0.2, -0.15) is 0 Å². The molecule has 1 aromatic heterocycles. The number of hydrogen-bond acceptors (Lipinski definition) is 2. The van der Waals surface area contributed by atoms with Crippen molar-refractivity contribution in [2.75, 3.05) is 13.7 Å². The molecule has 0 aliphatic carbocycles. The van der Waals surface area contributed by atoms with Gasteiger partial charge in [-0.25, -0.2) is 4.79 Å². The Kier molecular flexibility index (Phi) is 5.85. The van der Waals surface area contributed by atoms with E-state index >= 15 is 0 Å². The fourth-order valence-corrected chi connectivity index (χ4v) is 5.15. The number of amides is 2. The largest absolute Gasteiger partial charge is 0.496 e. The summed E-state index contributed by atoms with van der Waals surface area (Å²) >= 11 is 3.55. The molecule has 33 heavy (non-hydrogen) atoms. The molecule has 5 rings (SSSR count). The number of para-hydroxylation sites is 1. The van der Waals surface area contributed by atoms with Gasteiger partial charge in [-0.05, 0) is 64.2 Å². The molecule has 0 saturated carbocycles. The summed E-state index contributed by atoms with van der Waals surface area (Å²) in [6.07, 6.45) is 0.802. The fraction of sp³-hybridized carbons (Fsp3) is 0.222. The van der Waals surface area contributed by atoms with Crippen LogP contribution in [0.1, 0.15) is 41.4 Å². The van der Waals surface area contributed by atoms with Gasteiger partial charge in [0.05, 0.1) is 23.7 Å². The highest BCUT2D eigenvalue weighted by atomic mass is 79.9. The molecule has 2 amide bonds. The van der Waals surface area contributed by atoms with E-state index in [9.17, 15) is 4.79 Å². The number of halogens is 1. The zero-order valence-electron chi connectivity index (χ0n) is 18.6. The van der Waals surface area contributed by atoms with Crippen LogP contribution >= 0.6 is 15.9 Å². The number of rotatable bonds is 4. The van der Waals surface area contributed by atoms with E-state index in [2.05, 4.69) is 50.5 Å². The van der Waals surface area contributed by atoms with Crippen molar-refractivity contribution in [1.29, 1.82) is 0 Å². The molecule has 1 unspecified atom stereocenters. The topological polar surface area (TPSA) is 57.4 Å². The number of fused-ring (bicyclic) bond motifs is 3. The van der Waals surface area contributed by atoms with Gasteiger partial charge in [0.25, 0.3) is 0 Å². The molecule has 0 saturated heterocycles. The highest BCUT2D eigenvalue weighted by Gasteiger charge is 2.35. The average molecular weight is 504 g/mol. The molecule has 3 aromatic carbocycles. The van der Waals surface area contributed by atoms with E-state index in [1.54, 1.807) is 7.11 Å². The molecule has 6 heteroatoms. The van der Waals surface area contributed by atoms with Crippen molar-refractivity contribution in [3.63, 3.8) is 0 Å². The number of methoxy groups -OCH3 is 1. The van der Waals surface area contributed by atoms with Crippen molar-refractivity contribution in [3.8, 4) is 5.75 Å². The lowest BCUT2D eigenvalue weighted by atomic mass is 9.92. The Bertz CT molecular complexity index is 1300. The maximum absolute atomic E-state index is 13.6. The summed E-state index contributed by atoms with van der Waals surface area (Å²) in [7, 11) is 1.66. The second-order valence-corrected chi connectivity index (χ2v) is 9.24. The van der Waals surface area contributed by atoms with Gasteiger partial charge >= 0.3 is 6.03 Å². The normalized spacial score (nSPS) is 16.3. The van der Waals surface area contributed by atoms with Gasteiger partial charge in [0.1, 0.15) is 5.75 Å². The first-order chi connectivity index (χ1) is 16.1. The molecule has 2 heterocycles. The van der Waals surface area contributed by atoms with E-state index in [1.807, 2.05) is 60.4 Å². The Balaban J connectivity index is 1.56. The van der Waals surface area contributed by atoms with Crippen LogP contribution in [0.3, 0.4) is 0 Å². The number of nitrogens with zero attached hydrogens (tertiary/aromatic N) is 1. The van der Waals surface area contributed by atoms with Crippen molar-refractivity contribution >= 4 is 32.9 Å². The van der Waals surface area contributed by atoms with Crippen LogP contribution in [0.4, 0.5) is 4.79 Å². The monoisotopic (exact) mass is 503 g/mol. The second-order valence-electron chi connectivity index (χ2n) is 8.38. The summed E-state index contributed by atoms with van der Waals surface area (Å²) in [6.45, 7) is 2.65. The highest BCUT2D eigenvalue weighted by molar-refractivity contribution is 9.10. The van der Waals surface area contributed by atoms with Gasteiger partial charge in [0.2, 0.25) is 0 Å². The molecule has 1 aliphatic rings. The standard InChI is InChI=1S/C27H26BrN3O2/c1-17(18-8-4-3-5-9-18)29-27(32)31-15-14-21-20-10-6-7-11-23(20)30-25(21)26(31)19-12-13-22(28)24(16-19)33-2/h3-13,16-17,26,30H,14-15H2,1-2H3,(H,29,32)/t17-,26?/m0/s1. The first-order valence-corrected chi connectivity index (χ1v) is 11.9. The molecule has 0 bridgehead atoms. The molecule has 0 fully saturated rings. The van der Waals surface area contributed by atoms with E-state index in [0.29, 0.717) is 6.54 Å². The summed E-state index contributed by atoms with van der Waals surface area (Å²) in [4.78, 5) is 19.1. The molecule has 2 atom stereocenters. The van der Waals surface area contributed by atoms with Crippen molar-refractivity contribution in [3.05, 3.63) is 99.7 Å². The van der Waals surface area contributed by atoms with Crippen LogP contribution in [0, 0.1) is 0 Å². The van der Waals surface area contributed by atoms with E-state index < -0.39 is 0 Å². The zero-order valence-corrected chi connectivity index (χ0v) is 20.2. The third-order valence-corrected chi connectivity index (χ3v) is 7.08. The van der Waals surface area contributed by atoms with Gasteiger partial charge < -0.3 is 19.9 Å². The smallest absolute Gasteiger partial charge is 0.318 e. The lowest BCUT2D eigenvalue weighted by molar-refractivity contribution is 0.176. The molecule has 0 radical (unpaired) electrons. The molecule has 2 N–H and O–H groups in total. The van der Waals surface area contributed by atoms with Crippen molar-refractivity contribution < 1.29 is 9.53 Å². The Morgan fingerprint density at radius 2 is 1.88 bits per heavy atom. The van der Waals surface area contributed by atoms with Crippen molar-refractivity contribution in [2.24, 2.45) is 0 Å². The van der Waals surface area contributed by atoms with E-state index in [1.165, 1.54) is 10.9 Å². The maximum Gasteiger partial charge on any atom is 0.318 e. The number of carbonyl (C=O) groups is 1. The number of aromatic nitrogens is 1. The van der Waals surface area contributed by atoms with Gasteiger partial charge in [0.15, 0.2) is 0 Å². The minimum atomic E-state index is -0.244. The van der Waals surface area contributed by atoms with E-state index in [4.69, 9.17) is 4.74 Å². The molecule has 4 aromatic rings. The number of benzene rings is 3. The third-order valence-electron chi connectivity index (χ3n) is 6.43. The summed E-state index contributed by atoms with van der Waals surface area (Å²) in [5.74, 6) is 0.744. The van der Waals surface area contributed by atoms with Gasteiger partial charge in [0, 0.05) is 23.1 Å². The first-order valence-electron chi connectivity index (χ1n) is 11.1. The Morgan fingerprint density at radius 1 is 1.12 bits per heavy atom. The van der Waals surface area contributed by atoms with Crippen LogP contribution in [0.15, 0.2) is 77.3 Å². The number of nitrogens with one attached hydrogen (secondary N) is 2. The molecule has 5 nitrogen and oxygen atoms in total. The summed E-state index contributed by atoms with van der Waals surface area (Å²) in [5.41, 5.74) is 5.52. The average Bonchev–Trinajstić information content (AvgIpc) is 3.23. The second kappa shape index (κ2) is 8.94. The van der Waals surface area contributed by atoms with Crippen LogP contribution < -0.4 is 10.1 Å². The SMILES string of the molecule is COc1cc(C2c3[nH]c4ccccc4c3CCN2C(=O)N[C@@H](C)c2ccccc2)ccc1Br.